The number of anilines is 2. The highest BCUT2D eigenvalue weighted by Gasteiger charge is 2.24. The molecule has 1 saturated heterocycles. The monoisotopic (exact) mass is 239 g/mol. The second-order valence-corrected chi connectivity index (χ2v) is 4.79. The van der Waals surface area contributed by atoms with Crippen molar-refractivity contribution in [2.75, 3.05) is 23.7 Å². The fourth-order valence-electron chi connectivity index (χ4n) is 2.55. The lowest BCUT2D eigenvalue weighted by atomic mass is 9.99. The maximum absolute atomic E-state index is 5.66. The van der Waals surface area contributed by atoms with Crippen molar-refractivity contribution in [3.8, 4) is 0 Å². The van der Waals surface area contributed by atoms with E-state index in [1.165, 1.54) is 12.0 Å². The predicted octanol–water partition coefficient (Wildman–Crippen LogP) is 2.66. The van der Waals surface area contributed by atoms with Crippen LogP contribution in [-0.2, 0) is 0 Å². The lowest BCUT2D eigenvalue weighted by Crippen LogP contribution is -2.20. The summed E-state index contributed by atoms with van der Waals surface area (Å²) in [6.07, 6.45) is 2.92. The average Bonchev–Trinajstić information content (AvgIpc) is 2.90. The third kappa shape index (κ3) is 2.16. The Morgan fingerprint density at radius 3 is 2.67 bits per heavy atom. The van der Waals surface area contributed by atoms with Crippen molar-refractivity contribution in [1.82, 2.24) is 4.98 Å². The molecule has 1 atom stereocenters. The Morgan fingerprint density at radius 2 is 1.94 bits per heavy atom. The Hall–Kier alpha value is -2.03. The molecule has 3 rings (SSSR count). The molecule has 1 aliphatic rings. The van der Waals surface area contributed by atoms with Crippen LogP contribution in [0.15, 0.2) is 48.7 Å². The maximum Gasteiger partial charge on any atom is 0.128 e. The number of aromatic nitrogens is 1. The van der Waals surface area contributed by atoms with Crippen LogP contribution in [0, 0.1) is 0 Å². The van der Waals surface area contributed by atoms with Gasteiger partial charge in [0.2, 0.25) is 0 Å². The molecule has 18 heavy (non-hydrogen) atoms. The number of benzene rings is 1. The van der Waals surface area contributed by atoms with Gasteiger partial charge in [-0.15, -0.1) is 0 Å². The van der Waals surface area contributed by atoms with E-state index in [2.05, 4.69) is 40.2 Å². The Balaban J connectivity index is 1.74. The minimum atomic E-state index is 0.616. The Kier molecular flexibility index (Phi) is 2.89. The van der Waals surface area contributed by atoms with Crippen LogP contribution in [0.3, 0.4) is 0 Å². The molecule has 0 spiro atoms. The quantitative estimate of drug-likeness (QED) is 0.876. The highest BCUT2D eigenvalue weighted by molar-refractivity contribution is 5.47. The van der Waals surface area contributed by atoms with Crippen molar-refractivity contribution < 1.29 is 0 Å². The van der Waals surface area contributed by atoms with Gasteiger partial charge in [0.05, 0.1) is 11.9 Å². The molecule has 0 radical (unpaired) electrons. The minimum absolute atomic E-state index is 0.616. The SMILES string of the molecule is Nc1ccc(N2CCC(c3ccccc3)C2)nc1. The van der Waals surface area contributed by atoms with Crippen LogP contribution in [0.5, 0.6) is 0 Å². The van der Waals surface area contributed by atoms with Crippen molar-refractivity contribution in [3.63, 3.8) is 0 Å². The lowest BCUT2D eigenvalue weighted by Gasteiger charge is -2.17. The Morgan fingerprint density at radius 1 is 1.11 bits per heavy atom. The van der Waals surface area contributed by atoms with Crippen molar-refractivity contribution in [2.24, 2.45) is 0 Å². The molecule has 92 valence electrons. The summed E-state index contributed by atoms with van der Waals surface area (Å²) in [5.41, 5.74) is 7.81. The molecular formula is C15H17N3. The number of hydrogen-bond donors (Lipinski definition) is 1. The molecule has 1 fully saturated rings. The van der Waals surface area contributed by atoms with Gasteiger partial charge in [0.25, 0.3) is 0 Å². The molecule has 0 aliphatic carbocycles. The number of pyridine rings is 1. The molecule has 2 aromatic rings. The van der Waals surface area contributed by atoms with E-state index in [0.29, 0.717) is 5.92 Å². The van der Waals surface area contributed by atoms with Gasteiger partial charge in [-0.1, -0.05) is 30.3 Å². The summed E-state index contributed by atoms with van der Waals surface area (Å²) in [5, 5.41) is 0. The fourth-order valence-corrected chi connectivity index (χ4v) is 2.55. The van der Waals surface area contributed by atoms with Crippen LogP contribution in [0.4, 0.5) is 11.5 Å². The molecule has 3 heteroatoms. The number of nitrogens with two attached hydrogens (primary N) is 1. The molecule has 0 bridgehead atoms. The molecule has 3 nitrogen and oxygen atoms in total. The first kappa shape index (κ1) is 11.1. The summed E-state index contributed by atoms with van der Waals surface area (Å²) < 4.78 is 0. The summed E-state index contributed by atoms with van der Waals surface area (Å²) in [7, 11) is 0. The zero-order valence-corrected chi connectivity index (χ0v) is 10.3. The van der Waals surface area contributed by atoms with E-state index in [0.717, 1.165) is 24.6 Å². The molecule has 2 heterocycles. The fraction of sp³-hybridized carbons (Fsp3) is 0.267. The maximum atomic E-state index is 5.66. The van der Waals surface area contributed by atoms with Gasteiger partial charge in [0.1, 0.15) is 5.82 Å². The second-order valence-electron chi connectivity index (χ2n) is 4.79. The van der Waals surface area contributed by atoms with Gasteiger partial charge in [-0.25, -0.2) is 4.98 Å². The predicted molar refractivity (Wildman–Crippen MR) is 74.7 cm³/mol. The zero-order valence-electron chi connectivity index (χ0n) is 10.3. The van der Waals surface area contributed by atoms with Gasteiger partial charge in [0, 0.05) is 19.0 Å². The smallest absolute Gasteiger partial charge is 0.128 e. The molecule has 1 aliphatic heterocycles. The Bertz CT molecular complexity index is 507. The summed E-state index contributed by atoms with van der Waals surface area (Å²) in [6, 6.07) is 14.6. The number of nitrogens with zero attached hydrogens (tertiary/aromatic N) is 2. The van der Waals surface area contributed by atoms with Gasteiger partial charge in [-0.05, 0) is 24.1 Å². The third-order valence-corrected chi connectivity index (χ3v) is 3.55. The second kappa shape index (κ2) is 4.69. The van der Waals surface area contributed by atoms with Crippen LogP contribution in [0.1, 0.15) is 17.9 Å². The van der Waals surface area contributed by atoms with Gasteiger partial charge in [-0.3, -0.25) is 0 Å². The highest BCUT2D eigenvalue weighted by Crippen LogP contribution is 2.29. The largest absolute Gasteiger partial charge is 0.397 e. The van der Waals surface area contributed by atoms with Gasteiger partial charge in [0.15, 0.2) is 0 Å². The van der Waals surface area contributed by atoms with Crippen LogP contribution in [0.2, 0.25) is 0 Å². The average molecular weight is 239 g/mol. The van der Waals surface area contributed by atoms with Crippen LogP contribution in [0.25, 0.3) is 0 Å². The van der Waals surface area contributed by atoms with Crippen LogP contribution in [-0.4, -0.2) is 18.1 Å². The van der Waals surface area contributed by atoms with Crippen molar-refractivity contribution in [1.29, 1.82) is 0 Å². The normalized spacial score (nSPS) is 19.1. The zero-order chi connectivity index (χ0) is 12.4. The van der Waals surface area contributed by atoms with Crippen LogP contribution >= 0.6 is 0 Å². The minimum Gasteiger partial charge on any atom is -0.397 e. The summed E-state index contributed by atoms with van der Waals surface area (Å²) >= 11 is 0. The summed E-state index contributed by atoms with van der Waals surface area (Å²) in [4.78, 5) is 6.72. The standard InChI is InChI=1S/C15H17N3/c16-14-6-7-15(17-10-14)18-9-8-13(11-18)12-4-2-1-3-5-12/h1-7,10,13H,8-9,11,16H2. The topological polar surface area (TPSA) is 42.1 Å². The van der Waals surface area contributed by atoms with Crippen LogP contribution < -0.4 is 10.6 Å². The van der Waals surface area contributed by atoms with Gasteiger partial charge in [-0.2, -0.15) is 0 Å². The molecule has 1 aromatic carbocycles. The van der Waals surface area contributed by atoms with Crippen molar-refractivity contribution in [2.45, 2.75) is 12.3 Å². The Labute approximate surface area is 107 Å². The van der Waals surface area contributed by atoms with E-state index < -0.39 is 0 Å². The van der Waals surface area contributed by atoms with E-state index in [-0.39, 0.29) is 0 Å². The number of hydrogen-bond acceptors (Lipinski definition) is 3. The third-order valence-electron chi connectivity index (χ3n) is 3.55. The summed E-state index contributed by atoms with van der Waals surface area (Å²) in [6.45, 7) is 2.11. The lowest BCUT2D eigenvalue weighted by molar-refractivity contribution is 0.774. The molecule has 1 aromatic heterocycles. The first-order valence-corrected chi connectivity index (χ1v) is 6.34. The van der Waals surface area contributed by atoms with E-state index in [4.69, 9.17) is 5.73 Å². The van der Waals surface area contributed by atoms with E-state index in [9.17, 15) is 0 Å². The van der Waals surface area contributed by atoms with E-state index in [1.54, 1.807) is 6.20 Å². The first-order valence-electron chi connectivity index (χ1n) is 6.34. The molecule has 2 N–H and O–H groups in total. The number of rotatable bonds is 2. The molecule has 0 saturated carbocycles. The van der Waals surface area contributed by atoms with Gasteiger partial charge < -0.3 is 10.6 Å². The molecule has 1 unspecified atom stereocenters. The highest BCUT2D eigenvalue weighted by atomic mass is 15.2. The van der Waals surface area contributed by atoms with Crippen molar-refractivity contribution >= 4 is 11.5 Å². The summed E-state index contributed by atoms with van der Waals surface area (Å²) in [5.74, 6) is 1.65. The van der Waals surface area contributed by atoms with E-state index in [1.807, 2.05) is 12.1 Å². The number of nitrogen functional groups attached to an aromatic ring is 1. The van der Waals surface area contributed by atoms with Crippen molar-refractivity contribution in [3.05, 3.63) is 54.2 Å². The molecular weight excluding hydrogens is 222 g/mol. The van der Waals surface area contributed by atoms with Gasteiger partial charge >= 0.3 is 0 Å². The first-order chi connectivity index (χ1) is 8.83. The molecule has 0 amide bonds. The van der Waals surface area contributed by atoms with E-state index >= 15 is 0 Å².